The van der Waals surface area contributed by atoms with Crippen molar-refractivity contribution < 1.29 is 18.1 Å². The lowest BCUT2D eigenvalue weighted by Gasteiger charge is -2.12. The molecule has 0 unspecified atom stereocenters. The first kappa shape index (κ1) is 18.5. The van der Waals surface area contributed by atoms with Crippen molar-refractivity contribution in [2.45, 2.75) is 26.4 Å². The number of para-hydroxylation sites is 1. The molecule has 8 heteroatoms. The Balaban J connectivity index is 1.73. The Morgan fingerprint density at radius 1 is 1.19 bits per heavy atom. The van der Waals surface area contributed by atoms with Crippen molar-refractivity contribution in [2.24, 2.45) is 0 Å². The second-order valence-electron chi connectivity index (χ2n) is 6.17. The Bertz CT molecular complexity index is 956. The maximum Gasteiger partial charge on any atom is 0.260 e. The summed E-state index contributed by atoms with van der Waals surface area (Å²) >= 11 is 0. The highest BCUT2D eigenvalue weighted by Crippen LogP contribution is 2.22. The van der Waals surface area contributed by atoms with Gasteiger partial charge in [-0.1, -0.05) is 17.3 Å². The Morgan fingerprint density at radius 2 is 1.96 bits per heavy atom. The number of carbonyl (C=O) groups is 1. The summed E-state index contributed by atoms with van der Waals surface area (Å²) in [4.78, 5) is 16.4. The van der Waals surface area contributed by atoms with Crippen LogP contribution in [0.25, 0.3) is 11.5 Å². The highest BCUT2D eigenvalue weighted by Gasteiger charge is 2.15. The SMILES string of the molecule is CC(C)NC(=O)c1ccccc1NCc1noc(-c2ccc(F)cc2F)n1. The van der Waals surface area contributed by atoms with Crippen molar-refractivity contribution in [3.8, 4) is 11.5 Å². The number of nitrogens with zero attached hydrogens (tertiary/aromatic N) is 2. The van der Waals surface area contributed by atoms with Crippen molar-refractivity contribution in [3.63, 3.8) is 0 Å². The fourth-order valence-corrected chi connectivity index (χ4v) is 2.45. The van der Waals surface area contributed by atoms with Crippen molar-refractivity contribution in [2.75, 3.05) is 5.32 Å². The van der Waals surface area contributed by atoms with E-state index in [-0.39, 0.29) is 35.8 Å². The van der Waals surface area contributed by atoms with Crippen LogP contribution < -0.4 is 10.6 Å². The molecule has 0 radical (unpaired) electrons. The number of nitrogens with one attached hydrogen (secondary N) is 2. The van der Waals surface area contributed by atoms with Gasteiger partial charge >= 0.3 is 0 Å². The molecule has 3 rings (SSSR count). The monoisotopic (exact) mass is 372 g/mol. The van der Waals surface area contributed by atoms with Gasteiger partial charge in [-0.2, -0.15) is 4.98 Å². The molecule has 0 aliphatic rings. The van der Waals surface area contributed by atoms with Crippen LogP contribution in [-0.4, -0.2) is 22.1 Å². The largest absolute Gasteiger partial charge is 0.377 e. The highest BCUT2D eigenvalue weighted by atomic mass is 19.1. The minimum absolute atomic E-state index is 0.0101. The first-order valence-corrected chi connectivity index (χ1v) is 8.36. The number of benzene rings is 2. The molecule has 1 aromatic heterocycles. The van der Waals surface area contributed by atoms with Gasteiger partial charge in [0, 0.05) is 17.8 Å². The first-order chi connectivity index (χ1) is 12.9. The minimum Gasteiger partial charge on any atom is -0.377 e. The van der Waals surface area contributed by atoms with Gasteiger partial charge in [0.2, 0.25) is 0 Å². The number of anilines is 1. The third-order valence-corrected chi connectivity index (χ3v) is 3.66. The van der Waals surface area contributed by atoms with Gasteiger partial charge < -0.3 is 15.2 Å². The fourth-order valence-electron chi connectivity index (χ4n) is 2.45. The molecule has 0 bridgehead atoms. The summed E-state index contributed by atoms with van der Waals surface area (Å²) in [5.74, 6) is -1.44. The molecule has 1 heterocycles. The molecule has 3 aromatic rings. The maximum absolute atomic E-state index is 13.8. The van der Waals surface area contributed by atoms with Crippen LogP contribution in [0, 0.1) is 11.6 Å². The number of rotatable bonds is 6. The van der Waals surface area contributed by atoms with E-state index in [1.807, 2.05) is 13.8 Å². The number of halogens is 2. The van der Waals surface area contributed by atoms with E-state index in [0.29, 0.717) is 11.3 Å². The number of hydrogen-bond acceptors (Lipinski definition) is 5. The molecule has 0 saturated heterocycles. The summed E-state index contributed by atoms with van der Waals surface area (Å²) in [7, 11) is 0. The molecular formula is C19H18F2N4O2. The normalized spacial score (nSPS) is 10.9. The van der Waals surface area contributed by atoms with Gasteiger partial charge in [-0.25, -0.2) is 8.78 Å². The number of hydrogen-bond donors (Lipinski definition) is 2. The van der Waals surface area contributed by atoms with Crippen molar-refractivity contribution >= 4 is 11.6 Å². The quantitative estimate of drug-likeness (QED) is 0.689. The molecule has 0 fully saturated rings. The Morgan fingerprint density at radius 3 is 2.70 bits per heavy atom. The number of amides is 1. The van der Waals surface area contributed by atoms with E-state index in [1.165, 1.54) is 6.07 Å². The Kier molecular flexibility index (Phi) is 5.44. The summed E-state index contributed by atoms with van der Waals surface area (Å²) in [5, 5.41) is 9.69. The van der Waals surface area contributed by atoms with Gasteiger partial charge in [0.25, 0.3) is 11.8 Å². The second-order valence-corrected chi connectivity index (χ2v) is 6.17. The maximum atomic E-state index is 13.8. The van der Waals surface area contributed by atoms with Crippen LogP contribution in [0.5, 0.6) is 0 Å². The Hall–Kier alpha value is -3.29. The van der Waals surface area contributed by atoms with Gasteiger partial charge in [-0.3, -0.25) is 4.79 Å². The van der Waals surface area contributed by atoms with E-state index >= 15 is 0 Å². The van der Waals surface area contributed by atoms with Crippen LogP contribution in [0.1, 0.15) is 30.0 Å². The van der Waals surface area contributed by atoms with E-state index < -0.39 is 11.6 Å². The number of carbonyl (C=O) groups excluding carboxylic acids is 1. The molecule has 6 nitrogen and oxygen atoms in total. The molecule has 0 saturated carbocycles. The summed E-state index contributed by atoms with van der Waals surface area (Å²) < 4.78 is 31.9. The predicted molar refractivity (Wildman–Crippen MR) is 96.0 cm³/mol. The first-order valence-electron chi connectivity index (χ1n) is 8.36. The molecule has 0 spiro atoms. The minimum atomic E-state index is -0.783. The van der Waals surface area contributed by atoms with E-state index in [4.69, 9.17) is 4.52 Å². The fraction of sp³-hybridized carbons (Fsp3) is 0.211. The summed E-state index contributed by atoms with van der Waals surface area (Å²) in [6.07, 6.45) is 0. The lowest BCUT2D eigenvalue weighted by Crippen LogP contribution is -2.30. The molecule has 0 aliphatic heterocycles. The van der Waals surface area contributed by atoms with E-state index in [0.717, 1.165) is 12.1 Å². The lowest BCUT2D eigenvalue weighted by molar-refractivity contribution is 0.0944. The standard InChI is InChI=1S/C19H18F2N4O2/c1-11(2)23-18(26)14-5-3-4-6-16(14)22-10-17-24-19(27-25-17)13-8-7-12(20)9-15(13)21/h3-9,11,22H,10H2,1-2H3,(H,23,26). The van der Waals surface area contributed by atoms with Gasteiger partial charge in [-0.05, 0) is 38.1 Å². The zero-order valence-electron chi connectivity index (χ0n) is 14.8. The molecule has 0 aliphatic carbocycles. The van der Waals surface area contributed by atoms with Crippen molar-refractivity contribution in [1.29, 1.82) is 0 Å². The van der Waals surface area contributed by atoms with E-state index in [2.05, 4.69) is 20.8 Å². The van der Waals surface area contributed by atoms with Crippen molar-refractivity contribution in [1.82, 2.24) is 15.5 Å². The third-order valence-electron chi connectivity index (χ3n) is 3.66. The summed E-state index contributed by atoms with van der Waals surface area (Å²) in [5.41, 5.74) is 1.11. The van der Waals surface area contributed by atoms with Gasteiger partial charge in [0.05, 0.1) is 17.7 Å². The zero-order valence-corrected chi connectivity index (χ0v) is 14.8. The highest BCUT2D eigenvalue weighted by molar-refractivity contribution is 5.99. The van der Waals surface area contributed by atoms with Crippen LogP contribution >= 0.6 is 0 Å². The van der Waals surface area contributed by atoms with E-state index in [9.17, 15) is 13.6 Å². The summed E-state index contributed by atoms with van der Waals surface area (Å²) in [6.45, 7) is 3.92. The zero-order chi connectivity index (χ0) is 19.4. The topological polar surface area (TPSA) is 80.0 Å². The smallest absolute Gasteiger partial charge is 0.260 e. The van der Waals surface area contributed by atoms with Crippen LogP contribution in [0.15, 0.2) is 47.0 Å². The molecule has 2 aromatic carbocycles. The lowest BCUT2D eigenvalue weighted by atomic mass is 10.1. The molecule has 0 atom stereocenters. The van der Waals surface area contributed by atoms with Crippen LogP contribution in [-0.2, 0) is 6.54 Å². The molecular weight excluding hydrogens is 354 g/mol. The van der Waals surface area contributed by atoms with Gasteiger partial charge in [0.1, 0.15) is 11.6 Å². The average Bonchev–Trinajstić information content (AvgIpc) is 3.08. The third kappa shape index (κ3) is 4.46. The van der Waals surface area contributed by atoms with Crippen LogP contribution in [0.3, 0.4) is 0 Å². The molecule has 27 heavy (non-hydrogen) atoms. The number of aromatic nitrogens is 2. The van der Waals surface area contributed by atoms with Gasteiger partial charge in [0.15, 0.2) is 5.82 Å². The summed E-state index contributed by atoms with van der Waals surface area (Å²) in [6, 6.07) is 10.1. The van der Waals surface area contributed by atoms with E-state index in [1.54, 1.807) is 24.3 Å². The predicted octanol–water partition coefficient (Wildman–Crippen LogP) is 3.77. The second kappa shape index (κ2) is 7.94. The van der Waals surface area contributed by atoms with Gasteiger partial charge in [-0.15, -0.1) is 0 Å². The Labute approximate surface area is 154 Å². The molecule has 2 N–H and O–H groups in total. The average molecular weight is 372 g/mol. The molecule has 1 amide bonds. The van der Waals surface area contributed by atoms with Crippen LogP contribution in [0.4, 0.5) is 14.5 Å². The molecule has 140 valence electrons. The van der Waals surface area contributed by atoms with Crippen molar-refractivity contribution in [3.05, 3.63) is 65.5 Å². The van der Waals surface area contributed by atoms with Crippen LogP contribution in [0.2, 0.25) is 0 Å².